The van der Waals surface area contributed by atoms with E-state index in [0.29, 0.717) is 23.0 Å². The number of benzene rings is 1. The van der Waals surface area contributed by atoms with Crippen LogP contribution in [0.15, 0.2) is 18.2 Å². The average molecular weight is 284 g/mol. The van der Waals surface area contributed by atoms with Gasteiger partial charge in [-0.25, -0.2) is 0 Å². The Morgan fingerprint density at radius 2 is 2.21 bits per heavy atom. The molecule has 1 atom stereocenters. The van der Waals surface area contributed by atoms with Gasteiger partial charge in [-0.15, -0.1) is 0 Å². The van der Waals surface area contributed by atoms with Gasteiger partial charge >= 0.3 is 0 Å². The number of amides is 1. The van der Waals surface area contributed by atoms with Gasteiger partial charge in [-0.05, 0) is 36.5 Å². The average Bonchev–Trinajstić information content (AvgIpc) is 3.16. The zero-order chi connectivity index (χ0) is 14.0. The van der Waals surface area contributed by atoms with E-state index in [9.17, 15) is 15.0 Å². The summed E-state index contributed by atoms with van der Waals surface area (Å²) >= 11 is 5.96. The van der Waals surface area contributed by atoms with E-state index in [1.54, 1.807) is 13.1 Å². The molecule has 1 aliphatic carbocycles. The largest absolute Gasteiger partial charge is 0.508 e. The summed E-state index contributed by atoms with van der Waals surface area (Å²) < 4.78 is 0. The molecule has 1 aromatic carbocycles. The van der Waals surface area contributed by atoms with Crippen LogP contribution in [0.25, 0.3) is 0 Å². The Hall–Kier alpha value is -1.26. The fourth-order valence-electron chi connectivity index (χ4n) is 1.99. The topological polar surface area (TPSA) is 60.8 Å². The van der Waals surface area contributed by atoms with E-state index < -0.39 is 6.10 Å². The Kier molecular flexibility index (Phi) is 4.32. The molecule has 1 aliphatic rings. The van der Waals surface area contributed by atoms with E-state index in [-0.39, 0.29) is 18.1 Å². The lowest BCUT2D eigenvalue weighted by atomic mass is 10.1. The van der Waals surface area contributed by atoms with Crippen LogP contribution in [-0.4, -0.2) is 40.7 Å². The third-order valence-corrected chi connectivity index (χ3v) is 3.78. The van der Waals surface area contributed by atoms with Crippen molar-refractivity contribution in [3.63, 3.8) is 0 Å². The molecule has 1 aromatic rings. The first-order valence-electron chi connectivity index (χ1n) is 6.37. The van der Waals surface area contributed by atoms with Crippen molar-refractivity contribution in [2.24, 2.45) is 5.92 Å². The molecule has 0 saturated heterocycles. The van der Waals surface area contributed by atoms with Gasteiger partial charge in [0.1, 0.15) is 5.75 Å². The van der Waals surface area contributed by atoms with Crippen molar-refractivity contribution >= 4 is 17.5 Å². The zero-order valence-electron chi connectivity index (χ0n) is 10.8. The molecule has 104 valence electrons. The van der Waals surface area contributed by atoms with Gasteiger partial charge in [-0.3, -0.25) is 4.79 Å². The van der Waals surface area contributed by atoms with Crippen molar-refractivity contribution in [1.82, 2.24) is 4.90 Å². The molecule has 19 heavy (non-hydrogen) atoms. The summed E-state index contributed by atoms with van der Waals surface area (Å²) in [6.45, 7) is 0.360. The number of carbonyl (C=O) groups is 1. The molecule has 2 N–H and O–H groups in total. The summed E-state index contributed by atoms with van der Waals surface area (Å²) in [5.74, 6) is 0.346. The van der Waals surface area contributed by atoms with Crippen LogP contribution in [0.4, 0.5) is 0 Å². The third-order valence-electron chi connectivity index (χ3n) is 3.43. The SMILES string of the molecule is CN(CC(O)C1CC1)C(=O)Cc1ccc(O)cc1Cl. The fourth-order valence-corrected chi connectivity index (χ4v) is 2.23. The number of aliphatic hydroxyl groups is 1. The van der Waals surface area contributed by atoms with Crippen LogP contribution in [0.1, 0.15) is 18.4 Å². The van der Waals surface area contributed by atoms with Crippen molar-refractivity contribution < 1.29 is 15.0 Å². The summed E-state index contributed by atoms with van der Waals surface area (Å²) in [6, 6.07) is 4.57. The highest BCUT2D eigenvalue weighted by Crippen LogP contribution is 2.32. The van der Waals surface area contributed by atoms with Gasteiger partial charge in [0.15, 0.2) is 0 Å². The van der Waals surface area contributed by atoms with Gasteiger partial charge in [-0.2, -0.15) is 0 Å². The molecule has 4 nitrogen and oxygen atoms in total. The van der Waals surface area contributed by atoms with E-state index in [1.807, 2.05) is 0 Å². The number of rotatable bonds is 5. The molecule has 0 aliphatic heterocycles. The second-order valence-electron chi connectivity index (χ2n) is 5.13. The van der Waals surface area contributed by atoms with E-state index in [4.69, 9.17) is 11.6 Å². The van der Waals surface area contributed by atoms with Gasteiger partial charge in [0, 0.05) is 18.6 Å². The molecule has 0 bridgehead atoms. The van der Waals surface area contributed by atoms with E-state index in [1.165, 1.54) is 17.0 Å². The quantitative estimate of drug-likeness (QED) is 0.866. The van der Waals surface area contributed by atoms with Gasteiger partial charge in [0.05, 0.1) is 12.5 Å². The Labute approximate surface area is 117 Å². The number of carbonyl (C=O) groups excluding carboxylic acids is 1. The number of hydrogen-bond donors (Lipinski definition) is 2. The number of phenols is 1. The number of nitrogens with zero attached hydrogens (tertiary/aromatic N) is 1. The molecule has 2 rings (SSSR count). The summed E-state index contributed by atoms with van der Waals surface area (Å²) in [5, 5.41) is 19.4. The van der Waals surface area contributed by atoms with Crippen molar-refractivity contribution in [3.8, 4) is 5.75 Å². The first-order valence-corrected chi connectivity index (χ1v) is 6.74. The van der Waals surface area contributed by atoms with Crippen LogP contribution in [-0.2, 0) is 11.2 Å². The van der Waals surface area contributed by atoms with Crippen molar-refractivity contribution in [2.45, 2.75) is 25.4 Å². The molecule has 1 unspecified atom stereocenters. The Bertz CT molecular complexity index is 474. The van der Waals surface area contributed by atoms with Gasteiger partial charge in [-0.1, -0.05) is 17.7 Å². The molecule has 1 saturated carbocycles. The molecule has 1 fully saturated rings. The van der Waals surface area contributed by atoms with Gasteiger partial charge < -0.3 is 15.1 Å². The minimum atomic E-state index is -0.427. The molecular formula is C14H18ClNO3. The van der Waals surface area contributed by atoms with Gasteiger partial charge in [0.2, 0.25) is 5.91 Å². The first-order chi connectivity index (χ1) is 8.97. The van der Waals surface area contributed by atoms with Crippen LogP contribution in [0.3, 0.4) is 0 Å². The lowest BCUT2D eigenvalue weighted by Gasteiger charge is -2.21. The van der Waals surface area contributed by atoms with E-state index in [2.05, 4.69) is 0 Å². The molecule has 0 heterocycles. The van der Waals surface area contributed by atoms with Crippen LogP contribution >= 0.6 is 11.6 Å². The van der Waals surface area contributed by atoms with Crippen molar-refractivity contribution in [3.05, 3.63) is 28.8 Å². The smallest absolute Gasteiger partial charge is 0.226 e. The van der Waals surface area contributed by atoms with Crippen molar-refractivity contribution in [1.29, 1.82) is 0 Å². The molecule has 0 aromatic heterocycles. The van der Waals surface area contributed by atoms with E-state index in [0.717, 1.165) is 12.8 Å². The maximum absolute atomic E-state index is 12.0. The standard InChI is InChI=1S/C14H18ClNO3/c1-16(8-13(18)9-2-3-9)14(19)6-10-4-5-11(17)7-12(10)15/h4-5,7,9,13,17-18H,2-3,6,8H2,1H3. The number of hydrogen-bond acceptors (Lipinski definition) is 3. The van der Waals surface area contributed by atoms with Crippen molar-refractivity contribution in [2.75, 3.05) is 13.6 Å². The zero-order valence-corrected chi connectivity index (χ0v) is 11.6. The third kappa shape index (κ3) is 3.85. The monoisotopic (exact) mass is 283 g/mol. The maximum atomic E-state index is 12.0. The normalized spacial score (nSPS) is 16.2. The second kappa shape index (κ2) is 5.80. The predicted octanol–water partition coefficient (Wildman–Crippen LogP) is 1.82. The Morgan fingerprint density at radius 1 is 1.53 bits per heavy atom. The highest BCUT2D eigenvalue weighted by Gasteiger charge is 2.31. The minimum Gasteiger partial charge on any atom is -0.508 e. The second-order valence-corrected chi connectivity index (χ2v) is 5.54. The van der Waals surface area contributed by atoms with E-state index >= 15 is 0 Å². The number of phenolic OH excluding ortho intramolecular Hbond substituents is 1. The number of aliphatic hydroxyl groups excluding tert-OH is 1. The number of halogens is 1. The molecule has 0 spiro atoms. The van der Waals surface area contributed by atoms with Crippen LogP contribution in [0.2, 0.25) is 5.02 Å². The molecule has 5 heteroatoms. The lowest BCUT2D eigenvalue weighted by Crippen LogP contribution is -2.36. The van der Waals surface area contributed by atoms with Crippen LogP contribution < -0.4 is 0 Å². The fraction of sp³-hybridized carbons (Fsp3) is 0.500. The first kappa shape index (κ1) is 14.2. The Morgan fingerprint density at radius 3 is 2.79 bits per heavy atom. The molecular weight excluding hydrogens is 266 g/mol. The highest BCUT2D eigenvalue weighted by atomic mass is 35.5. The molecule has 0 radical (unpaired) electrons. The van der Waals surface area contributed by atoms with Crippen LogP contribution in [0, 0.1) is 5.92 Å². The predicted molar refractivity (Wildman–Crippen MR) is 73.2 cm³/mol. The lowest BCUT2D eigenvalue weighted by molar-refractivity contribution is -0.130. The summed E-state index contributed by atoms with van der Waals surface area (Å²) in [5.41, 5.74) is 0.678. The minimum absolute atomic E-state index is 0.0821. The van der Waals surface area contributed by atoms with Gasteiger partial charge in [0.25, 0.3) is 0 Å². The summed E-state index contributed by atoms with van der Waals surface area (Å²) in [7, 11) is 1.68. The summed E-state index contributed by atoms with van der Waals surface area (Å²) in [4.78, 5) is 13.6. The number of aromatic hydroxyl groups is 1. The summed E-state index contributed by atoms with van der Waals surface area (Å²) in [6.07, 6.45) is 1.84. The van der Waals surface area contributed by atoms with Crippen LogP contribution in [0.5, 0.6) is 5.75 Å². The number of likely N-dealkylation sites (N-methyl/N-ethyl adjacent to an activating group) is 1. The molecule has 1 amide bonds. The Balaban J connectivity index is 1.91. The highest BCUT2D eigenvalue weighted by molar-refractivity contribution is 6.31. The maximum Gasteiger partial charge on any atom is 0.226 e.